The summed E-state index contributed by atoms with van der Waals surface area (Å²) in [6.45, 7) is 6.00. The number of thiophene rings is 1. The molecule has 0 aliphatic carbocycles. The molecule has 4 aromatic rings. The highest BCUT2D eigenvalue weighted by Crippen LogP contribution is 2.29. The van der Waals surface area contributed by atoms with Gasteiger partial charge in [0.2, 0.25) is 5.91 Å². The third-order valence-corrected chi connectivity index (χ3v) is 6.35. The number of aryl methyl sites for hydroxylation is 1. The molecule has 0 radical (unpaired) electrons. The molecule has 0 spiro atoms. The van der Waals surface area contributed by atoms with Crippen molar-refractivity contribution in [1.29, 1.82) is 0 Å². The van der Waals surface area contributed by atoms with Crippen molar-refractivity contribution in [1.82, 2.24) is 9.97 Å². The summed E-state index contributed by atoms with van der Waals surface area (Å²) in [4.78, 5) is 23.2. The molecule has 7 heteroatoms. The maximum absolute atomic E-state index is 12.6. The summed E-state index contributed by atoms with van der Waals surface area (Å²) in [5.74, 6) is 2.03. The van der Waals surface area contributed by atoms with Gasteiger partial charge in [-0.25, -0.2) is 9.97 Å². The molecular formula is C28H28N4O2S. The molecule has 178 valence electrons. The lowest BCUT2D eigenvalue weighted by molar-refractivity contribution is -0.115. The van der Waals surface area contributed by atoms with Gasteiger partial charge in [-0.3, -0.25) is 4.79 Å². The highest BCUT2D eigenvalue weighted by molar-refractivity contribution is 7.13. The largest absolute Gasteiger partial charge is 0.495 e. The molecule has 0 atom stereocenters. The van der Waals surface area contributed by atoms with E-state index in [1.54, 1.807) is 18.4 Å². The van der Waals surface area contributed by atoms with Crippen LogP contribution in [-0.4, -0.2) is 23.0 Å². The van der Waals surface area contributed by atoms with Gasteiger partial charge in [-0.2, -0.15) is 0 Å². The van der Waals surface area contributed by atoms with Gasteiger partial charge in [-0.15, -0.1) is 17.9 Å². The molecule has 6 nitrogen and oxygen atoms in total. The Balaban J connectivity index is 1.51. The predicted octanol–water partition coefficient (Wildman–Crippen LogP) is 6.43. The number of nitrogens with zero attached hydrogens (tertiary/aromatic N) is 2. The Bertz CT molecular complexity index is 1300. The summed E-state index contributed by atoms with van der Waals surface area (Å²) >= 11 is 1.62. The predicted molar refractivity (Wildman–Crippen MR) is 144 cm³/mol. The average Bonchev–Trinajstić information content (AvgIpc) is 3.41. The van der Waals surface area contributed by atoms with Crippen molar-refractivity contribution in [3.8, 4) is 16.5 Å². The quantitative estimate of drug-likeness (QED) is 0.254. The fourth-order valence-electron chi connectivity index (χ4n) is 3.77. The molecule has 0 aliphatic rings. The topological polar surface area (TPSA) is 76.1 Å². The first kappa shape index (κ1) is 24.2. The van der Waals surface area contributed by atoms with Crippen LogP contribution in [0.1, 0.15) is 23.7 Å². The van der Waals surface area contributed by atoms with Crippen LogP contribution in [0, 0.1) is 0 Å². The molecular weight excluding hydrogens is 456 g/mol. The number of ether oxygens (including phenoxy) is 1. The summed E-state index contributed by atoms with van der Waals surface area (Å²) in [6.07, 6.45) is 3.61. The third-order valence-electron chi connectivity index (χ3n) is 5.48. The van der Waals surface area contributed by atoms with E-state index in [-0.39, 0.29) is 12.3 Å². The lowest BCUT2D eigenvalue weighted by Gasteiger charge is -2.15. The Morgan fingerprint density at radius 1 is 1.09 bits per heavy atom. The van der Waals surface area contributed by atoms with Crippen molar-refractivity contribution >= 4 is 34.4 Å². The van der Waals surface area contributed by atoms with E-state index in [0.717, 1.165) is 45.4 Å². The molecule has 35 heavy (non-hydrogen) atoms. The number of methoxy groups -OCH3 is 1. The summed E-state index contributed by atoms with van der Waals surface area (Å²) < 4.78 is 5.31. The van der Waals surface area contributed by atoms with Gasteiger partial charge in [0, 0.05) is 16.9 Å². The molecule has 0 unspecified atom stereocenters. The first-order valence-corrected chi connectivity index (χ1v) is 12.3. The van der Waals surface area contributed by atoms with Crippen LogP contribution < -0.4 is 15.4 Å². The van der Waals surface area contributed by atoms with Gasteiger partial charge < -0.3 is 15.4 Å². The standard InChI is InChI=1S/C28H28N4O2S/c1-4-9-21-22(5-2)31-28(25-12-8-17-35-25)32-27(21)29-20-15-13-19(14-16-20)18-26(33)30-23-10-6-7-11-24(23)34-3/h4,6-8,10-17H,1,5,9,18H2,2-3H3,(H,30,33)(H,29,31,32). The lowest BCUT2D eigenvalue weighted by Crippen LogP contribution is -2.15. The number of benzene rings is 2. The second-order valence-electron chi connectivity index (χ2n) is 7.89. The van der Waals surface area contributed by atoms with E-state index in [1.165, 1.54) is 0 Å². The van der Waals surface area contributed by atoms with E-state index in [9.17, 15) is 4.79 Å². The second kappa shape index (κ2) is 11.4. The number of hydrogen-bond donors (Lipinski definition) is 2. The molecule has 0 aliphatic heterocycles. The minimum absolute atomic E-state index is 0.104. The number of aromatic nitrogens is 2. The number of amides is 1. The van der Waals surface area contributed by atoms with Crippen molar-refractivity contribution in [2.45, 2.75) is 26.2 Å². The monoisotopic (exact) mass is 484 g/mol. The average molecular weight is 485 g/mol. The summed E-state index contributed by atoms with van der Waals surface area (Å²) in [5, 5.41) is 8.40. The van der Waals surface area contributed by atoms with E-state index in [1.807, 2.05) is 72.1 Å². The van der Waals surface area contributed by atoms with E-state index in [0.29, 0.717) is 17.9 Å². The highest BCUT2D eigenvalue weighted by Gasteiger charge is 2.15. The van der Waals surface area contributed by atoms with Crippen LogP contribution in [0.15, 0.2) is 78.7 Å². The zero-order chi connectivity index (χ0) is 24.6. The number of anilines is 3. The fraction of sp³-hybridized carbons (Fsp3) is 0.179. The SMILES string of the molecule is C=CCc1c(CC)nc(-c2cccs2)nc1Nc1ccc(CC(=O)Nc2ccccc2OC)cc1. The molecule has 0 saturated heterocycles. The summed E-state index contributed by atoms with van der Waals surface area (Å²) in [5.41, 5.74) is 4.51. The lowest BCUT2D eigenvalue weighted by atomic mass is 10.1. The Labute approximate surface area is 209 Å². The number of rotatable bonds is 10. The number of nitrogens with one attached hydrogen (secondary N) is 2. The van der Waals surface area contributed by atoms with Gasteiger partial charge in [-0.1, -0.05) is 43.3 Å². The van der Waals surface area contributed by atoms with Gasteiger partial charge in [0.25, 0.3) is 0 Å². The number of carbonyl (C=O) groups is 1. The zero-order valence-corrected chi connectivity index (χ0v) is 20.7. The Kier molecular flexibility index (Phi) is 7.90. The number of para-hydroxylation sites is 2. The van der Waals surface area contributed by atoms with Crippen LogP contribution in [0.25, 0.3) is 10.7 Å². The van der Waals surface area contributed by atoms with Gasteiger partial charge in [0.1, 0.15) is 11.6 Å². The Hall–Kier alpha value is -3.97. The zero-order valence-electron chi connectivity index (χ0n) is 19.9. The van der Waals surface area contributed by atoms with E-state index < -0.39 is 0 Å². The normalized spacial score (nSPS) is 10.6. The van der Waals surface area contributed by atoms with Crippen LogP contribution in [-0.2, 0) is 24.1 Å². The molecule has 2 aromatic heterocycles. The molecule has 4 rings (SSSR count). The summed E-state index contributed by atoms with van der Waals surface area (Å²) in [6, 6.07) is 19.2. The van der Waals surface area contributed by atoms with Gasteiger partial charge in [0.05, 0.1) is 24.1 Å². The molecule has 2 N–H and O–H groups in total. The minimum Gasteiger partial charge on any atom is -0.495 e. The van der Waals surface area contributed by atoms with Gasteiger partial charge in [0.15, 0.2) is 5.82 Å². The highest BCUT2D eigenvalue weighted by atomic mass is 32.1. The molecule has 0 bridgehead atoms. The Morgan fingerprint density at radius 3 is 2.57 bits per heavy atom. The summed E-state index contributed by atoms with van der Waals surface area (Å²) in [7, 11) is 1.59. The van der Waals surface area contributed by atoms with E-state index >= 15 is 0 Å². The number of allylic oxidation sites excluding steroid dienone is 1. The van der Waals surface area contributed by atoms with Crippen molar-refractivity contribution in [3.05, 3.63) is 95.5 Å². The maximum atomic E-state index is 12.6. The van der Waals surface area contributed by atoms with Crippen LogP contribution in [0.2, 0.25) is 0 Å². The van der Waals surface area contributed by atoms with Gasteiger partial charge >= 0.3 is 0 Å². The molecule has 2 heterocycles. The van der Waals surface area contributed by atoms with Crippen LogP contribution in [0.4, 0.5) is 17.2 Å². The van der Waals surface area contributed by atoms with E-state index in [4.69, 9.17) is 14.7 Å². The second-order valence-corrected chi connectivity index (χ2v) is 8.84. The van der Waals surface area contributed by atoms with Gasteiger partial charge in [-0.05, 0) is 54.1 Å². The van der Waals surface area contributed by atoms with Crippen LogP contribution in [0.5, 0.6) is 5.75 Å². The molecule has 0 fully saturated rings. The number of carbonyl (C=O) groups excluding carboxylic acids is 1. The van der Waals surface area contributed by atoms with E-state index in [2.05, 4.69) is 24.1 Å². The van der Waals surface area contributed by atoms with Crippen molar-refractivity contribution in [2.75, 3.05) is 17.7 Å². The fourth-order valence-corrected chi connectivity index (χ4v) is 4.43. The van der Waals surface area contributed by atoms with Crippen molar-refractivity contribution in [2.24, 2.45) is 0 Å². The van der Waals surface area contributed by atoms with Crippen LogP contribution in [0.3, 0.4) is 0 Å². The molecule has 1 amide bonds. The first-order valence-electron chi connectivity index (χ1n) is 11.4. The Morgan fingerprint density at radius 2 is 1.89 bits per heavy atom. The third kappa shape index (κ3) is 5.94. The molecule has 2 aromatic carbocycles. The molecule has 0 saturated carbocycles. The number of hydrogen-bond acceptors (Lipinski definition) is 6. The smallest absolute Gasteiger partial charge is 0.228 e. The minimum atomic E-state index is -0.104. The van der Waals surface area contributed by atoms with Crippen LogP contribution >= 0.6 is 11.3 Å². The first-order chi connectivity index (χ1) is 17.1. The van der Waals surface area contributed by atoms with Crippen molar-refractivity contribution in [3.63, 3.8) is 0 Å². The maximum Gasteiger partial charge on any atom is 0.228 e. The van der Waals surface area contributed by atoms with Crippen molar-refractivity contribution < 1.29 is 9.53 Å².